The number of aromatic hydroxyl groups is 2. The summed E-state index contributed by atoms with van der Waals surface area (Å²) in [6.07, 6.45) is 2.25. The third kappa shape index (κ3) is 4.03. The Balaban J connectivity index is 1.32. The van der Waals surface area contributed by atoms with Crippen LogP contribution in [0.3, 0.4) is 0 Å². The first-order valence-corrected chi connectivity index (χ1v) is 15.5. The molecule has 0 radical (unpaired) electrons. The maximum Gasteiger partial charge on any atom is 0.330 e. The van der Waals surface area contributed by atoms with Crippen LogP contribution in [0.15, 0.2) is 88.1 Å². The molecule has 0 saturated heterocycles. The van der Waals surface area contributed by atoms with Gasteiger partial charge in [-0.3, -0.25) is 19.1 Å². The molecule has 3 aromatic carbocycles. The minimum absolute atomic E-state index is 0.0644. The van der Waals surface area contributed by atoms with Gasteiger partial charge in [0, 0.05) is 18.2 Å². The average Bonchev–Trinajstić information content (AvgIpc) is 3.58. The van der Waals surface area contributed by atoms with Gasteiger partial charge >= 0.3 is 5.69 Å². The Morgan fingerprint density at radius 1 is 0.896 bits per heavy atom. The Bertz CT molecular complexity index is 2490. The van der Waals surface area contributed by atoms with Gasteiger partial charge in [-0.05, 0) is 57.0 Å². The standard InChI is InChI=1S/C37H29N5O6/c1-19-30(43)28(24-15-14-23-34(38-24)41(36(47)39-35(23)46)17-16-21-10-6-4-7-11-21)32-29(31(19)44)37(3)26(48-32)18-25-27(33(37)45)20(2)40-42(25)22-12-8-5-9-13-22/h4-15,18,43-44H,16-17H2,1-3H3,(H,39,46,47). The van der Waals surface area contributed by atoms with Crippen LogP contribution in [-0.2, 0) is 18.4 Å². The summed E-state index contributed by atoms with van der Waals surface area (Å²) in [7, 11) is 0. The molecule has 1 aliphatic heterocycles. The minimum Gasteiger partial charge on any atom is -0.507 e. The average molecular weight is 640 g/mol. The number of rotatable bonds is 5. The number of nitrogens with zero attached hydrogens (tertiary/aromatic N) is 4. The second kappa shape index (κ2) is 10.4. The van der Waals surface area contributed by atoms with Crippen LogP contribution in [0.4, 0.5) is 0 Å². The highest BCUT2D eigenvalue weighted by atomic mass is 16.5. The largest absolute Gasteiger partial charge is 0.507 e. The molecule has 4 heterocycles. The number of allylic oxidation sites excluding steroid dienone is 1. The monoisotopic (exact) mass is 639 g/mol. The van der Waals surface area contributed by atoms with Crippen LogP contribution in [0.1, 0.15) is 45.4 Å². The van der Waals surface area contributed by atoms with Crippen molar-refractivity contribution < 1.29 is 19.7 Å². The van der Waals surface area contributed by atoms with Gasteiger partial charge in [0.1, 0.15) is 34.1 Å². The highest BCUT2D eigenvalue weighted by Gasteiger charge is 2.55. The van der Waals surface area contributed by atoms with Crippen LogP contribution < -0.4 is 16.0 Å². The van der Waals surface area contributed by atoms with Gasteiger partial charge in [0.15, 0.2) is 5.78 Å². The molecular weight excluding hydrogens is 610 g/mol. The zero-order valence-electron chi connectivity index (χ0n) is 26.2. The molecule has 0 spiro atoms. The summed E-state index contributed by atoms with van der Waals surface area (Å²) >= 11 is 0. The number of phenols is 2. The SMILES string of the molecule is Cc1nn(-c2ccccc2)c2c1C(=O)C1(C)C(=C2)Oc2c(-c3ccc4c(=O)[nH]c(=O)n(CCc5ccccc5)c4n3)c(O)c(C)c(O)c21. The van der Waals surface area contributed by atoms with Crippen molar-refractivity contribution >= 4 is 22.9 Å². The molecule has 0 bridgehead atoms. The normalized spacial score (nSPS) is 16.3. The van der Waals surface area contributed by atoms with Crippen LogP contribution in [-0.4, -0.2) is 40.3 Å². The maximum absolute atomic E-state index is 14.5. The van der Waals surface area contributed by atoms with Gasteiger partial charge in [-0.15, -0.1) is 0 Å². The lowest BCUT2D eigenvalue weighted by molar-refractivity contribution is 0.0905. The molecule has 238 valence electrons. The minimum atomic E-state index is -1.44. The van der Waals surface area contributed by atoms with E-state index >= 15 is 0 Å². The molecule has 6 aromatic rings. The lowest BCUT2D eigenvalue weighted by Crippen LogP contribution is -2.36. The number of carbonyl (C=O) groups is 1. The number of hydrogen-bond acceptors (Lipinski definition) is 8. The number of para-hydroxylation sites is 1. The maximum atomic E-state index is 14.5. The summed E-state index contributed by atoms with van der Waals surface area (Å²) in [6, 6.07) is 22.1. The Morgan fingerprint density at radius 2 is 1.60 bits per heavy atom. The first kappa shape index (κ1) is 29.2. The zero-order chi connectivity index (χ0) is 33.5. The van der Waals surface area contributed by atoms with Gasteiger partial charge < -0.3 is 14.9 Å². The number of nitrogens with one attached hydrogen (secondary N) is 1. The van der Waals surface area contributed by atoms with Crippen molar-refractivity contribution in [1.82, 2.24) is 24.3 Å². The highest BCUT2D eigenvalue weighted by molar-refractivity contribution is 6.14. The van der Waals surface area contributed by atoms with Crippen LogP contribution >= 0.6 is 0 Å². The topological polar surface area (TPSA) is 152 Å². The highest BCUT2D eigenvalue weighted by Crippen LogP contribution is 2.60. The van der Waals surface area contributed by atoms with Gasteiger partial charge in [0.05, 0.1) is 44.8 Å². The number of Topliss-reactive ketones (excluding diaryl/α,β-unsaturated/α-hetero) is 1. The summed E-state index contributed by atoms with van der Waals surface area (Å²) in [6.45, 7) is 5.22. The first-order chi connectivity index (χ1) is 23.1. The van der Waals surface area contributed by atoms with Gasteiger partial charge in [-0.25, -0.2) is 14.5 Å². The first-order valence-electron chi connectivity index (χ1n) is 15.5. The molecule has 8 rings (SSSR count). The van der Waals surface area contributed by atoms with E-state index in [4.69, 9.17) is 9.72 Å². The number of ketones is 1. The number of ether oxygens (including phenoxy) is 1. The van der Waals surface area contributed by atoms with E-state index in [0.29, 0.717) is 23.4 Å². The molecule has 11 nitrogen and oxygen atoms in total. The molecule has 3 N–H and O–H groups in total. The number of phenolic OH excluding ortho intramolecular Hbond substituents is 2. The fraction of sp³-hybridized carbons (Fsp3) is 0.162. The Morgan fingerprint density at radius 3 is 2.33 bits per heavy atom. The lowest BCUT2D eigenvalue weighted by atomic mass is 9.71. The molecule has 0 saturated carbocycles. The predicted octanol–water partition coefficient (Wildman–Crippen LogP) is 5.10. The molecule has 1 atom stereocenters. The van der Waals surface area contributed by atoms with E-state index in [1.165, 1.54) is 10.6 Å². The quantitative estimate of drug-likeness (QED) is 0.236. The van der Waals surface area contributed by atoms with Crippen LogP contribution in [0.5, 0.6) is 17.2 Å². The Labute approximate surface area is 273 Å². The molecule has 2 aliphatic rings. The number of pyridine rings is 1. The van der Waals surface area contributed by atoms with Gasteiger partial charge in [-0.1, -0.05) is 48.5 Å². The van der Waals surface area contributed by atoms with Gasteiger partial charge in [0.2, 0.25) is 0 Å². The summed E-state index contributed by atoms with van der Waals surface area (Å²) in [4.78, 5) is 47.5. The fourth-order valence-electron chi connectivity index (χ4n) is 6.86. The number of aryl methyl sites for hydroxylation is 3. The number of fused-ring (bicyclic) bond motifs is 5. The van der Waals surface area contributed by atoms with Crippen molar-refractivity contribution in [1.29, 1.82) is 0 Å². The smallest absolute Gasteiger partial charge is 0.330 e. The van der Waals surface area contributed by atoms with Gasteiger partial charge in [0.25, 0.3) is 5.56 Å². The molecule has 48 heavy (non-hydrogen) atoms. The molecular formula is C37H29N5O6. The number of hydrogen-bond donors (Lipinski definition) is 3. The molecule has 0 amide bonds. The van der Waals surface area contributed by atoms with Crippen molar-refractivity contribution in [2.75, 3.05) is 0 Å². The van der Waals surface area contributed by atoms with Crippen molar-refractivity contribution in [2.45, 2.75) is 39.2 Å². The van der Waals surface area contributed by atoms with E-state index in [0.717, 1.165) is 11.3 Å². The summed E-state index contributed by atoms with van der Waals surface area (Å²) in [5, 5.41) is 27.9. The molecule has 1 aliphatic carbocycles. The molecule has 11 heteroatoms. The second-order valence-electron chi connectivity index (χ2n) is 12.3. The van der Waals surface area contributed by atoms with Crippen molar-refractivity contribution in [2.24, 2.45) is 0 Å². The molecule has 1 unspecified atom stereocenters. The predicted molar refractivity (Wildman–Crippen MR) is 179 cm³/mol. The van der Waals surface area contributed by atoms with E-state index in [1.807, 2.05) is 60.7 Å². The van der Waals surface area contributed by atoms with E-state index in [-0.39, 0.29) is 68.8 Å². The van der Waals surface area contributed by atoms with Crippen molar-refractivity contribution in [3.05, 3.63) is 133 Å². The molecule has 3 aromatic heterocycles. The second-order valence-corrected chi connectivity index (χ2v) is 12.3. The molecule has 0 fully saturated rings. The number of H-pyrrole nitrogens is 1. The number of carbonyl (C=O) groups excluding carboxylic acids is 1. The number of benzene rings is 3. The summed E-state index contributed by atoms with van der Waals surface area (Å²) in [5.74, 6) is -0.576. The zero-order valence-corrected chi connectivity index (χ0v) is 26.2. The van der Waals surface area contributed by atoms with E-state index in [9.17, 15) is 24.6 Å². The van der Waals surface area contributed by atoms with Crippen LogP contribution in [0.25, 0.3) is 34.1 Å². The van der Waals surface area contributed by atoms with E-state index < -0.39 is 16.7 Å². The fourth-order valence-corrected chi connectivity index (χ4v) is 6.86. The Kier molecular flexibility index (Phi) is 6.32. The lowest BCUT2D eigenvalue weighted by Gasteiger charge is -2.27. The van der Waals surface area contributed by atoms with Crippen molar-refractivity contribution in [3.8, 4) is 34.2 Å². The van der Waals surface area contributed by atoms with Crippen LogP contribution in [0.2, 0.25) is 0 Å². The van der Waals surface area contributed by atoms with E-state index in [1.54, 1.807) is 37.6 Å². The third-order valence-electron chi connectivity index (χ3n) is 9.45. The van der Waals surface area contributed by atoms with Gasteiger partial charge in [-0.2, -0.15) is 5.10 Å². The van der Waals surface area contributed by atoms with Crippen LogP contribution in [0, 0.1) is 13.8 Å². The van der Waals surface area contributed by atoms with Crippen molar-refractivity contribution in [3.63, 3.8) is 0 Å². The number of aromatic amines is 1. The Hall–Kier alpha value is -6.23. The summed E-state index contributed by atoms with van der Waals surface area (Å²) < 4.78 is 9.51. The van der Waals surface area contributed by atoms with E-state index in [2.05, 4.69) is 10.1 Å². The third-order valence-corrected chi connectivity index (χ3v) is 9.45. The number of aromatic nitrogens is 5. The summed E-state index contributed by atoms with van der Waals surface area (Å²) in [5.41, 5.74) is 1.33.